The van der Waals surface area contributed by atoms with Crippen molar-refractivity contribution in [2.45, 2.75) is 20.3 Å². The van der Waals surface area contributed by atoms with Crippen molar-refractivity contribution in [3.63, 3.8) is 0 Å². The average Bonchev–Trinajstić information content (AvgIpc) is 2.64. The van der Waals surface area contributed by atoms with Gasteiger partial charge in [0.05, 0.1) is 13.0 Å². The highest BCUT2D eigenvalue weighted by molar-refractivity contribution is 5.80. The number of carbonyl (C=O) groups is 2. The van der Waals surface area contributed by atoms with Crippen LogP contribution in [0.15, 0.2) is 0 Å². The van der Waals surface area contributed by atoms with Gasteiger partial charge in [-0.15, -0.1) is 0 Å². The fourth-order valence-electron chi connectivity index (χ4n) is 1.68. The van der Waals surface area contributed by atoms with Crippen molar-refractivity contribution in [2.75, 3.05) is 20.2 Å². The van der Waals surface area contributed by atoms with Crippen LogP contribution in [0.5, 0.6) is 0 Å². The molecule has 0 aliphatic carbocycles. The molecule has 0 aromatic rings. The van der Waals surface area contributed by atoms with Gasteiger partial charge in [0.15, 0.2) is 0 Å². The zero-order valence-electron chi connectivity index (χ0n) is 8.95. The van der Waals surface area contributed by atoms with Crippen molar-refractivity contribution in [3.8, 4) is 0 Å². The van der Waals surface area contributed by atoms with E-state index in [0.717, 1.165) is 6.42 Å². The molecule has 1 saturated heterocycles. The SMILES string of the molecule is COC(=O)[C@@H]1CCN(C(=O)C(C)C)C1. The van der Waals surface area contributed by atoms with E-state index < -0.39 is 0 Å². The summed E-state index contributed by atoms with van der Waals surface area (Å²) in [5.74, 6) is -0.199. The molecule has 1 aliphatic rings. The normalized spacial score (nSPS) is 21.4. The molecule has 1 fully saturated rings. The fourth-order valence-corrected chi connectivity index (χ4v) is 1.68. The lowest BCUT2D eigenvalue weighted by Gasteiger charge is -2.18. The molecule has 0 unspecified atom stereocenters. The van der Waals surface area contributed by atoms with Crippen molar-refractivity contribution < 1.29 is 14.3 Å². The number of methoxy groups -OCH3 is 1. The number of amides is 1. The molecule has 0 aromatic heterocycles. The van der Waals surface area contributed by atoms with Gasteiger partial charge in [0.25, 0.3) is 0 Å². The molecule has 1 aliphatic heterocycles. The van der Waals surface area contributed by atoms with E-state index in [1.807, 2.05) is 13.8 Å². The Morgan fingerprint density at radius 2 is 2.07 bits per heavy atom. The topological polar surface area (TPSA) is 46.6 Å². The molecule has 4 heteroatoms. The number of esters is 1. The van der Waals surface area contributed by atoms with E-state index in [2.05, 4.69) is 4.74 Å². The molecule has 1 rings (SSSR count). The van der Waals surface area contributed by atoms with E-state index >= 15 is 0 Å². The summed E-state index contributed by atoms with van der Waals surface area (Å²) < 4.78 is 4.65. The van der Waals surface area contributed by atoms with Gasteiger partial charge in [-0.3, -0.25) is 9.59 Å². The molecule has 0 bridgehead atoms. The summed E-state index contributed by atoms with van der Waals surface area (Å²) in [7, 11) is 1.38. The quantitative estimate of drug-likeness (QED) is 0.614. The second kappa shape index (κ2) is 4.44. The summed E-state index contributed by atoms with van der Waals surface area (Å²) in [6, 6.07) is 0. The maximum Gasteiger partial charge on any atom is 0.310 e. The Hall–Kier alpha value is -1.06. The molecule has 1 amide bonds. The monoisotopic (exact) mass is 199 g/mol. The predicted octanol–water partition coefficient (Wildman–Crippen LogP) is 0.664. The molecule has 4 nitrogen and oxygen atoms in total. The molecule has 0 radical (unpaired) electrons. The van der Waals surface area contributed by atoms with Crippen molar-refractivity contribution in [3.05, 3.63) is 0 Å². The number of rotatable bonds is 2. The summed E-state index contributed by atoms with van der Waals surface area (Å²) in [6.07, 6.45) is 0.727. The third-order valence-corrected chi connectivity index (χ3v) is 2.53. The summed E-state index contributed by atoms with van der Waals surface area (Å²) >= 11 is 0. The molecule has 80 valence electrons. The molecule has 1 heterocycles. The first-order chi connectivity index (χ1) is 6.56. The maximum atomic E-state index is 11.6. The van der Waals surface area contributed by atoms with Crippen molar-refractivity contribution >= 4 is 11.9 Å². The lowest BCUT2D eigenvalue weighted by Crippen LogP contribution is -2.33. The standard InChI is InChI=1S/C10H17NO3/c1-7(2)9(12)11-5-4-8(6-11)10(13)14-3/h7-8H,4-6H2,1-3H3/t8-/m1/s1. The average molecular weight is 199 g/mol. The van der Waals surface area contributed by atoms with Gasteiger partial charge < -0.3 is 9.64 Å². The zero-order chi connectivity index (χ0) is 10.7. The first kappa shape index (κ1) is 11.0. The van der Waals surface area contributed by atoms with Crippen LogP contribution in [-0.2, 0) is 14.3 Å². The summed E-state index contributed by atoms with van der Waals surface area (Å²) in [5.41, 5.74) is 0. The Kier molecular flexibility index (Phi) is 3.49. The lowest BCUT2D eigenvalue weighted by molar-refractivity contribution is -0.145. The summed E-state index contributed by atoms with van der Waals surface area (Å²) in [5, 5.41) is 0. The number of likely N-dealkylation sites (tertiary alicyclic amines) is 1. The fraction of sp³-hybridized carbons (Fsp3) is 0.800. The number of carbonyl (C=O) groups excluding carboxylic acids is 2. The van der Waals surface area contributed by atoms with Crippen LogP contribution in [0.3, 0.4) is 0 Å². The molecule has 0 N–H and O–H groups in total. The highest BCUT2D eigenvalue weighted by Crippen LogP contribution is 2.19. The van der Waals surface area contributed by atoms with Gasteiger partial charge in [-0.05, 0) is 6.42 Å². The minimum Gasteiger partial charge on any atom is -0.469 e. The van der Waals surface area contributed by atoms with E-state index in [0.29, 0.717) is 13.1 Å². The Morgan fingerprint density at radius 1 is 1.43 bits per heavy atom. The highest BCUT2D eigenvalue weighted by Gasteiger charge is 2.32. The van der Waals surface area contributed by atoms with Crippen LogP contribution >= 0.6 is 0 Å². The molecular weight excluding hydrogens is 182 g/mol. The van der Waals surface area contributed by atoms with Crippen LogP contribution in [-0.4, -0.2) is 37.0 Å². The van der Waals surface area contributed by atoms with Crippen LogP contribution in [0, 0.1) is 11.8 Å². The van der Waals surface area contributed by atoms with E-state index in [4.69, 9.17) is 0 Å². The second-order valence-electron chi connectivity index (χ2n) is 3.95. The van der Waals surface area contributed by atoms with Crippen LogP contribution in [0.25, 0.3) is 0 Å². The van der Waals surface area contributed by atoms with E-state index in [1.54, 1.807) is 4.90 Å². The summed E-state index contributed by atoms with van der Waals surface area (Å²) in [4.78, 5) is 24.5. The van der Waals surface area contributed by atoms with Crippen molar-refractivity contribution in [2.24, 2.45) is 11.8 Å². The van der Waals surface area contributed by atoms with Crippen LogP contribution in [0.4, 0.5) is 0 Å². The van der Waals surface area contributed by atoms with Gasteiger partial charge in [-0.2, -0.15) is 0 Å². The Morgan fingerprint density at radius 3 is 2.57 bits per heavy atom. The molecule has 14 heavy (non-hydrogen) atoms. The third-order valence-electron chi connectivity index (χ3n) is 2.53. The first-order valence-corrected chi connectivity index (χ1v) is 4.93. The van der Waals surface area contributed by atoms with E-state index in [1.165, 1.54) is 7.11 Å². The molecule has 0 aromatic carbocycles. The van der Waals surface area contributed by atoms with Crippen LogP contribution < -0.4 is 0 Å². The predicted molar refractivity (Wildman–Crippen MR) is 51.5 cm³/mol. The number of nitrogens with zero attached hydrogens (tertiary/aromatic N) is 1. The summed E-state index contributed by atoms with van der Waals surface area (Å²) in [6.45, 7) is 4.93. The highest BCUT2D eigenvalue weighted by atomic mass is 16.5. The van der Waals surface area contributed by atoms with Gasteiger partial charge in [0.1, 0.15) is 0 Å². The van der Waals surface area contributed by atoms with Gasteiger partial charge in [0.2, 0.25) is 5.91 Å². The molecule has 0 saturated carbocycles. The van der Waals surface area contributed by atoms with Crippen LogP contribution in [0.1, 0.15) is 20.3 Å². The largest absolute Gasteiger partial charge is 0.469 e. The Bertz CT molecular complexity index is 238. The van der Waals surface area contributed by atoms with Crippen molar-refractivity contribution in [1.29, 1.82) is 0 Å². The van der Waals surface area contributed by atoms with Crippen molar-refractivity contribution in [1.82, 2.24) is 4.90 Å². The minimum atomic E-state index is -0.205. The van der Waals surface area contributed by atoms with Gasteiger partial charge in [-0.1, -0.05) is 13.8 Å². The number of hydrogen-bond acceptors (Lipinski definition) is 3. The second-order valence-corrected chi connectivity index (χ2v) is 3.95. The molecule has 1 atom stereocenters. The minimum absolute atomic E-state index is 0.00592. The van der Waals surface area contributed by atoms with E-state index in [9.17, 15) is 9.59 Å². The van der Waals surface area contributed by atoms with Gasteiger partial charge >= 0.3 is 5.97 Å². The molecule has 0 spiro atoms. The number of hydrogen-bond donors (Lipinski definition) is 0. The Labute approximate surface area is 84.2 Å². The number of ether oxygens (including phenoxy) is 1. The van der Waals surface area contributed by atoms with Crippen LogP contribution in [0.2, 0.25) is 0 Å². The third kappa shape index (κ3) is 2.25. The smallest absolute Gasteiger partial charge is 0.310 e. The Balaban J connectivity index is 2.49. The zero-order valence-corrected chi connectivity index (χ0v) is 8.95. The maximum absolute atomic E-state index is 11.6. The van der Waals surface area contributed by atoms with E-state index in [-0.39, 0.29) is 23.7 Å². The van der Waals surface area contributed by atoms with Gasteiger partial charge in [-0.25, -0.2) is 0 Å². The first-order valence-electron chi connectivity index (χ1n) is 4.93. The molecular formula is C10H17NO3. The lowest BCUT2D eigenvalue weighted by atomic mass is 10.1. The van der Waals surface area contributed by atoms with Gasteiger partial charge in [0, 0.05) is 19.0 Å².